The molecule has 0 saturated heterocycles. The molecule has 1 unspecified atom stereocenters. The molecular formula is C16H27NO. The Balaban J connectivity index is 2.46. The van der Waals surface area contributed by atoms with E-state index in [0.717, 1.165) is 26.0 Å². The van der Waals surface area contributed by atoms with Crippen molar-refractivity contribution in [2.45, 2.75) is 39.7 Å². The van der Waals surface area contributed by atoms with Crippen LogP contribution in [0.5, 0.6) is 0 Å². The smallest absolute Gasteiger partial charge is 0.0518 e. The van der Waals surface area contributed by atoms with Crippen molar-refractivity contribution in [1.82, 2.24) is 5.32 Å². The summed E-state index contributed by atoms with van der Waals surface area (Å²) >= 11 is 0. The Morgan fingerprint density at radius 3 is 2.67 bits per heavy atom. The first kappa shape index (κ1) is 15.2. The summed E-state index contributed by atoms with van der Waals surface area (Å²) in [5.74, 6) is 0.649. The molecule has 0 saturated carbocycles. The van der Waals surface area contributed by atoms with Crippen LogP contribution in [0, 0.1) is 12.8 Å². The summed E-state index contributed by atoms with van der Waals surface area (Å²) < 4.78 is 5.65. The molecule has 2 heteroatoms. The van der Waals surface area contributed by atoms with Crippen molar-refractivity contribution < 1.29 is 4.74 Å². The summed E-state index contributed by atoms with van der Waals surface area (Å²) in [5, 5.41) is 3.29. The third-order valence-electron chi connectivity index (χ3n) is 3.08. The van der Waals surface area contributed by atoms with Gasteiger partial charge in [0.1, 0.15) is 0 Å². The molecule has 0 fully saturated rings. The molecule has 0 aliphatic heterocycles. The van der Waals surface area contributed by atoms with Crippen molar-refractivity contribution in [3.8, 4) is 0 Å². The minimum absolute atomic E-state index is 0.333. The van der Waals surface area contributed by atoms with Crippen LogP contribution in [0.4, 0.5) is 0 Å². The second kappa shape index (κ2) is 8.28. The van der Waals surface area contributed by atoms with Crippen molar-refractivity contribution in [2.75, 3.05) is 20.2 Å². The maximum Gasteiger partial charge on any atom is 0.0518 e. The van der Waals surface area contributed by atoms with Gasteiger partial charge in [0.2, 0.25) is 0 Å². The molecule has 1 atom stereocenters. The highest BCUT2D eigenvalue weighted by Crippen LogP contribution is 2.14. The topological polar surface area (TPSA) is 21.3 Å². The largest absolute Gasteiger partial charge is 0.379 e. The Bertz CT molecular complexity index is 336. The minimum atomic E-state index is 0.333. The van der Waals surface area contributed by atoms with E-state index in [0.29, 0.717) is 12.0 Å². The molecule has 0 aliphatic carbocycles. The predicted octanol–water partition coefficient (Wildman–Crippen LogP) is 3.19. The minimum Gasteiger partial charge on any atom is -0.379 e. The van der Waals surface area contributed by atoms with Crippen molar-refractivity contribution in [1.29, 1.82) is 0 Å². The van der Waals surface area contributed by atoms with E-state index >= 15 is 0 Å². The summed E-state index contributed by atoms with van der Waals surface area (Å²) in [6.45, 7) is 8.24. The van der Waals surface area contributed by atoms with Crippen LogP contribution >= 0.6 is 0 Å². The monoisotopic (exact) mass is 249 g/mol. The number of rotatable bonds is 8. The molecule has 0 bridgehead atoms. The van der Waals surface area contributed by atoms with Crippen LogP contribution in [-0.2, 0) is 11.2 Å². The van der Waals surface area contributed by atoms with Crippen molar-refractivity contribution in [3.05, 3.63) is 35.4 Å². The summed E-state index contributed by atoms with van der Waals surface area (Å²) in [5.41, 5.74) is 2.77. The Kier molecular flexibility index (Phi) is 6.99. The lowest BCUT2D eigenvalue weighted by Gasteiger charge is -2.18. The normalized spacial score (nSPS) is 12.9. The van der Waals surface area contributed by atoms with Gasteiger partial charge in [0.15, 0.2) is 0 Å². The third kappa shape index (κ3) is 6.18. The van der Waals surface area contributed by atoms with Gasteiger partial charge >= 0.3 is 0 Å². The van der Waals surface area contributed by atoms with Crippen molar-refractivity contribution in [2.24, 2.45) is 5.92 Å². The maximum atomic E-state index is 5.65. The van der Waals surface area contributed by atoms with Crippen LogP contribution in [0.2, 0.25) is 0 Å². The van der Waals surface area contributed by atoms with Gasteiger partial charge in [-0.3, -0.25) is 0 Å². The molecular weight excluding hydrogens is 222 g/mol. The first-order chi connectivity index (χ1) is 8.61. The number of aryl methyl sites for hydroxylation is 1. The molecule has 1 N–H and O–H groups in total. The fourth-order valence-corrected chi connectivity index (χ4v) is 2.21. The van der Waals surface area contributed by atoms with E-state index in [-0.39, 0.29) is 0 Å². The van der Waals surface area contributed by atoms with E-state index in [9.17, 15) is 0 Å². The van der Waals surface area contributed by atoms with E-state index in [1.807, 2.05) is 7.05 Å². The van der Waals surface area contributed by atoms with E-state index in [2.05, 4.69) is 50.4 Å². The number of hydrogen-bond donors (Lipinski definition) is 1. The molecule has 0 heterocycles. The lowest BCUT2D eigenvalue weighted by atomic mass is 9.95. The molecule has 0 aliphatic rings. The second-order valence-corrected chi connectivity index (χ2v) is 5.33. The van der Waals surface area contributed by atoms with Crippen LogP contribution in [-0.4, -0.2) is 26.3 Å². The average molecular weight is 249 g/mol. The molecule has 102 valence electrons. The second-order valence-electron chi connectivity index (χ2n) is 5.33. The lowest BCUT2D eigenvalue weighted by molar-refractivity contribution is 0.0684. The highest BCUT2D eigenvalue weighted by atomic mass is 16.5. The Labute approximate surface area is 112 Å². The third-order valence-corrected chi connectivity index (χ3v) is 3.08. The van der Waals surface area contributed by atoms with E-state index < -0.39 is 0 Å². The average Bonchev–Trinajstić information content (AvgIpc) is 2.28. The van der Waals surface area contributed by atoms with Gasteiger partial charge in [-0.2, -0.15) is 0 Å². The molecule has 1 rings (SSSR count). The van der Waals surface area contributed by atoms with Gasteiger partial charge in [-0.05, 0) is 58.7 Å². The van der Waals surface area contributed by atoms with Crippen molar-refractivity contribution in [3.63, 3.8) is 0 Å². The number of nitrogens with one attached hydrogen (secondary N) is 1. The van der Waals surface area contributed by atoms with Gasteiger partial charge in [-0.1, -0.05) is 29.8 Å². The Hall–Kier alpha value is -0.860. The summed E-state index contributed by atoms with van der Waals surface area (Å²) in [7, 11) is 2.02. The van der Waals surface area contributed by atoms with Gasteiger partial charge in [0, 0.05) is 6.61 Å². The summed E-state index contributed by atoms with van der Waals surface area (Å²) in [6.07, 6.45) is 2.58. The predicted molar refractivity (Wildman–Crippen MR) is 78.0 cm³/mol. The fraction of sp³-hybridized carbons (Fsp3) is 0.625. The SMILES string of the molecule is CNCC(CCOC(C)C)Cc1cccc(C)c1. The molecule has 2 nitrogen and oxygen atoms in total. The summed E-state index contributed by atoms with van der Waals surface area (Å²) in [4.78, 5) is 0. The maximum absolute atomic E-state index is 5.65. The molecule has 0 radical (unpaired) electrons. The Morgan fingerprint density at radius 2 is 2.06 bits per heavy atom. The number of hydrogen-bond acceptors (Lipinski definition) is 2. The van der Waals surface area contributed by atoms with Crippen LogP contribution in [0.3, 0.4) is 0 Å². The van der Waals surface area contributed by atoms with Crippen LogP contribution in [0.1, 0.15) is 31.4 Å². The van der Waals surface area contributed by atoms with Gasteiger partial charge in [0.05, 0.1) is 6.10 Å². The number of benzene rings is 1. The molecule has 1 aromatic rings. The van der Waals surface area contributed by atoms with Crippen LogP contribution in [0.15, 0.2) is 24.3 Å². The van der Waals surface area contributed by atoms with Gasteiger partial charge in [-0.15, -0.1) is 0 Å². The van der Waals surface area contributed by atoms with E-state index in [4.69, 9.17) is 4.74 Å². The quantitative estimate of drug-likeness (QED) is 0.764. The summed E-state index contributed by atoms with van der Waals surface area (Å²) in [6, 6.07) is 8.80. The first-order valence-electron chi connectivity index (χ1n) is 6.93. The van der Waals surface area contributed by atoms with E-state index in [1.165, 1.54) is 11.1 Å². The molecule has 0 amide bonds. The molecule has 1 aromatic carbocycles. The molecule has 0 spiro atoms. The van der Waals surface area contributed by atoms with E-state index in [1.54, 1.807) is 0 Å². The first-order valence-corrected chi connectivity index (χ1v) is 6.93. The standard InChI is InChI=1S/C16H27NO/c1-13(2)18-9-8-16(12-17-4)11-15-7-5-6-14(3)10-15/h5-7,10,13,16-17H,8-9,11-12H2,1-4H3. The Morgan fingerprint density at radius 1 is 1.28 bits per heavy atom. The van der Waals surface area contributed by atoms with Gasteiger partial charge < -0.3 is 10.1 Å². The van der Waals surface area contributed by atoms with Crippen molar-refractivity contribution >= 4 is 0 Å². The number of ether oxygens (including phenoxy) is 1. The van der Waals surface area contributed by atoms with Gasteiger partial charge in [0.25, 0.3) is 0 Å². The highest BCUT2D eigenvalue weighted by Gasteiger charge is 2.09. The zero-order valence-corrected chi connectivity index (χ0v) is 12.2. The van der Waals surface area contributed by atoms with Crippen LogP contribution in [0.25, 0.3) is 0 Å². The fourth-order valence-electron chi connectivity index (χ4n) is 2.21. The lowest BCUT2D eigenvalue weighted by Crippen LogP contribution is -2.22. The molecule has 18 heavy (non-hydrogen) atoms. The molecule has 0 aromatic heterocycles. The highest BCUT2D eigenvalue weighted by molar-refractivity contribution is 5.22. The zero-order chi connectivity index (χ0) is 13.4. The van der Waals surface area contributed by atoms with Gasteiger partial charge in [-0.25, -0.2) is 0 Å². The van der Waals surface area contributed by atoms with Crippen LogP contribution < -0.4 is 5.32 Å². The zero-order valence-electron chi connectivity index (χ0n) is 12.2.